The second-order valence-corrected chi connectivity index (χ2v) is 12.8. The lowest BCUT2D eigenvalue weighted by atomic mass is 10.2. The zero-order valence-electron chi connectivity index (χ0n) is 23.4. The number of phenolic OH excluding ortho intramolecular Hbond substituents is 1. The Morgan fingerprint density at radius 1 is 0.717 bits per heavy atom. The van der Waals surface area contributed by atoms with Gasteiger partial charge in [0.15, 0.2) is 15.9 Å². The maximum atomic E-state index is 12.6. The van der Waals surface area contributed by atoms with Gasteiger partial charge in [-0.3, -0.25) is 9.59 Å². The van der Waals surface area contributed by atoms with Gasteiger partial charge in [-0.05, 0) is 66.7 Å². The van der Waals surface area contributed by atoms with Crippen LogP contribution in [-0.4, -0.2) is 53.3 Å². The predicted molar refractivity (Wildman–Crippen MR) is 182 cm³/mol. The molecule has 3 aromatic heterocycles. The first-order valence-corrected chi connectivity index (χ1v) is 16.4. The topological polar surface area (TPSA) is 162 Å². The van der Waals surface area contributed by atoms with E-state index in [-0.39, 0.29) is 35.0 Å². The van der Waals surface area contributed by atoms with Crippen molar-refractivity contribution in [3.63, 3.8) is 0 Å². The summed E-state index contributed by atoms with van der Waals surface area (Å²) in [6.45, 7) is 0. The van der Waals surface area contributed by atoms with Crippen molar-refractivity contribution in [3.05, 3.63) is 82.8 Å². The SMILES string of the molecule is O=C(CSc1nc2ccc(Cl)cc2[nH]1)Nc1ccc(-c2nc3cc(NC(=O)CSc4nc5ccc(Cl)cc5[nH]4)ccc3o2)c(O)c1. The van der Waals surface area contributed by atoms with Crippen LogP contribution in [0.25, 0.3) is 44.6 Å². The molecular weight excluding hydrogens is 669 g/mol. The van der Waals surface area contributed by atoms with Gasteiger partial charge in [0.1, 0.15) is 11.3 Å². The van der Waals surface area contributed by atoms with Crippen molar-refractivity contribution in [3.8, 4) is 17.2 Å². The van der Waals surface area contributed by atoms with Gasteiger partial charge in [0.25, 0.3) is 0 Å². The van der Waals surface area contributed by atoms with Crippen LogP contribution in [0.4, 0.5) is 11.4 Å². The number of carbonyl (C=O) groups is 2. The second-order valence-electron chi connectivity index (χ2n) is 10.0. The van der Waals surface area contributed by atoms with Crippen LogP contribution in [0.1, 0.15) is 0 Å². The molecular formula is C31H21Cl2N7O4S2. The third kappa shape index (κ3) is 6.63. The molecule has 0 atom stereocenters. The monoisotopic (exact) mass is 689 g/mol. The smallest absolute Gasteiger partial charge is 0.234 e. The first-order valence-electron chi connectivity index (χ1n) is 13.7. The van der Waals surface area contributed by atoms with Crippen LogP contribution >= 0.6 is 46.7 Å². The molecule has 0 radical (unpaired) electrons. The van der Waals surface area contributed by atoms with Crippen molar-refractivity contribution < 1.29 is 19.1 Å². The fourth-order valence-corrected chi connectivity index (χ4v) is 6.34. The molecule has 0 aliphatic heterocycles. The molecule has 5 N–H and O–H groups in total. The number of hydrogen-bond acceptors (Lipinski definition) is 9. The summed E-state index contributed by atoms with van der Waals surface area (Å²) in [5.41, 5.74) is 5.39. The zero-order chi connectivity index (χ0) is 31.8. The highest BCUT2D eigenvalue weighted by molar-refractivity contribution is 8.00. The van der Waals surface area contributed by atoms with Crippen LogP contribution < -0.4 is 10.6 Å². The van der Waals surface area contributed by atoms with Crippen molar-refractivity contribution in [2.75, 3.05) is 22.1 Å². The highest BCUT2D eigenvalue weighted by Gasteiger charge is 2.16. The Morgan fingerprint density at radius 3 is 1.87 bits per heavy atom. The molecule has 0 saturated heterocycles. The molecule has 11 nitrogen and oxygen atoms in total. The van der Waals surface area contributed by atoms with Gasteiger partial charge in [-0.15, -0.1) is 0 Å². The minimum Gasteiger partial charge on any atom is -0.507 e. The highest BCUT2D eigenvalue weighted by Crippen LogP contribution is 2.34. The molecule has 0 saturated carbocycles. The van der Waals surface area contributed by atoms with E-state index in [0.717, 1.165) is 22.1 Å². The lowest BCUT2D eigenvalue weighted by Crippen LogP contribution is -2.14. The van der Waals surface area contributed by atoms with Crippen molar-refractivity contribution >= 4 is 103 Å². The van der Waals surface area contributed by atoms with Gasteiger partial charge in [0.2, 0.25) is 17.7 Å². The lowest BCUT2D eigenvalue weighted by molar-refractivity contribution is -0.114. The number of carbonyl (C=O) groups excluding carboxylic acids is 2. The molecule has 230 valence electrons. The van der Waals surface area contributed by atoms with Gasteiger partial charge in [-0.25, -0.2) is 15.0 Å². The van der Waals surface area contributed by atoms with E-state index >= 15 is 0 Å². The number of thioether (sulfide) groups is 2. The number of benzene rings is 4. The number of fused-ring (bicyclic) bond motifs is 3. The van der Waals surface area contributed by atoms with Gasteiger partial charge in [-0.2, -0.15) is 0 Å². The van der Waals surface area contributed by atoms with Gasteiger partial charge >= 0.3 is 0 Å². The van der Waals surface area contributed by atoms with Crippen LogP contribution in [0.3, 0.4) is 0 Å². The number of aromatic hydroxyl groups is 1. The number of aromatic amines is 2. The largest absolute Gasteiger partial charge is 0.507 e. The molecule has 0 spiro atoms. The number of aromatic nitrogens is 5. The van der Waals surface area contributed by atoms with Gasteiger partial charge in [0.05, 0.1) is 39.1 Å². The number of oxazole rings is 1. The number of anilines is 2. The molecule has 3 heterocycles. The fourth-order valence-electron chi connectivity index (χ4n) is 4.63. The highest BCUT2D eigenvalue weighted by atomic mass is 35.5. The number of phenols is 1. The van der Waals surface area contributed by atoms with Crippen LogP contribution in [0, 0.1) is 0 Å². The van der Waals surface area contributed by atoms with E-state index in [1.54, 1.807) is 60.7 Å². The zero-order valence-corrected chi connectivity index (χ0v) is 26.6. The Kier molecular flexibility index (Phi) is 8.21. The van der Waals surface area contributed by atoms with E-state index in [9.17, 15) is 14.7 Å². The van der Waals surface area contributed by atoms with E-state index in [0.29, 0.717) is 48.4 Å². The van der Waals surface area contributed by atoms with Crippen LogP contribution in [-0.2, 0) is 9.59 Å². The minimum atomic E-state index is -0.270. The molecule has 0 aliphatic rings. The third-order valence-corrected chi connectivity index (χ3v) is 8.92. The molecule has 7 aromatic rings. The Morgan fingerprint density at radius 2 is 1.28 bits per heavy atom. The number of H-pyrrole nitrogens is 2. The first-order chi connectivity index (χ1) is 22.3. The number of hydrogen-bond donors (Lipinski definition) is 5. The van der Waals surface area contributed by atoms with E-state index in [1.807, 2.05) is 6.07 Å². The number of rotatable bonds is 9. The predicted octanol–water partition coefficient (Wildman–Crippen LogP) is 7.72. The number of imidazole rings is 2. The summed E-state index contributed by atoms with van der Waals surface area (Å²) in [7, 11) is 0. The Balaban J connectivity index is 0.960. The second kappa shape index (κ2) is 12.6. The summed E-state index contributed by atoms with van der Waals surface area (Å²) in [5.74, 6) is -0.177. The van der Waals surface area contributed by atoms with Gasteiger partial charge in [-0.1, -0.05) is 46.7 Å². The molecule has 4 aromatic carbocycles. The molecule has 0 fully saturated rings. The molecule has 0 unspecified atom stereocenters. The maximum absolute atomic E-state index is 12.6. The molecule has 0 aliphatic carbocycles. The van der Waals surface area contributed by atoms with E-state index < -0.39 is 0 Å². The van der Waals surface area contributed by atoms with Crippen molar-refractivity contribution in [1.29, 1.82) is 0 Å². The summed E-state index contributed by atoms with van der Waals surface area (Å²) in [5, 5.41) is 18.8. The molecule has 7 rings (SSSR count). The Labute approximate surface area is 278 Å². The first kappa shape index (κ1) is 30.0. The minimum absolute atomic E-state index is 0.105. The molecule has 15 heteroatoms. The van der Waals surface area contributed by atoms with Crippen LogP contribution in [0.15, 0.2) is 87.5 Å². The molecule has 46 heavy (non-hydrogen) atoms. The molecule has 0 bridgehead atoms. The summed E-state index contributed by atoms with van der Waals surface area (Å²) in [6.07, 6.45) is 0. The quantitative estimate of drug-likeness (QED) is 0.0955. The average molecular weight is 691 g/mol. The van der Waals surface area contributed by atoms with Crippen LogP contribution in [0.2, 0.25) is 10.0 Å². The van der Waals surface area contributed by atoms with Gasteiger partial charge in [0, 0.05) is 27.5 Å². The van der Waals surface area contributed by atoms with E-state index in [2.05, 4.69) is 35.6 Å². The number of amides is 2. The lowest BCUT2D eigenvalue weighted by Gasteiger charge is -2.07. The molecule has 2 amide bonds. The summed E-state index contributed by atoms with van der Waals surface area (Å²) < 4.78 is 5.86. The standard InChI is InChI=1S/C31H21Cl2N7O4S2/c32-15-1-6-20-22(9-15)39-30(37-20)45-13-27(42)34-17-4-8-26-24(11-17)36-29(44-26)19-5-3-18(12-25(19)41)35-28(43)14-46-31-38-21-7-2-16(33)10-23(21)40-31/h1-12,41H,13-14H2,(H,34,42)(H,35,43)(H,37,39)(H,38,40). The van der Waals surface area contributed by atoms with E-state index in [1.165, 1.54) is 29.6 Å². The van der Waals surface area contributed by atoms with Crippen molar-refractivity contribution in [2.45, 2.75) is 10.3 Å². The summed E-state index contributed by atoms with van der Waals surface area (Å²) >= 11 is 14.6. The Hall–Kier alpha value is -4.69. The normalized spacial score (nSPS) is 11.4. The maximum Gasteiger partial charge on any atom is 0.234 e. The van der Waals surface area contributed by atoms with E-state index in [4.69, 9.17) is 27.6 Å². The Bertz CT molecular complexity index is 2280. The van der Waals surface area contributed by atoms with Crippen molar-refractivity contribution in [2.24, 2.45) is 0 Å². The summed E-state index contributed by atoms with van der Waals surface area (Å²) in [4.78, 5) is 44.9. The third-order valence-electron chi connectivity index (χ3n) is 6.71. The van der Waals surface area contributed by atoms with Crippen LogP contribution in [0.5, 0.6) is 5.75 Å². The average Bonchev–Trinajstić information content (AvgIpc) is 3.74. The van der Waals surface area contributed by atoms with Gasteiger partial charge < -0.3 is 30.1 Å². The summed E-state index contributed by atoms with van der Waals surface area (Å²) in [6, 6.07) is 20.5. The number of halogens is 2. The number of nitrogens with one attached hydrogen (secondary N) is 4. The van der Waals surface area contributed by atoms with Crippen molar-refractivity contribution in [1.82, 2.24) is 24.9 Å². The fraction of sp³-hybridized carbons (Fsp3) is 0.0645. The number of nitrogens with zero attached hydrogens (tertiary/aromatic N) is 3.